The number of halogens is 9. The Balaban J connectivity index is 0.000000393. The maximum absolute atomic E-state index is 14.0. The number of hydrogen-bond donors (Lipinski definition) is 3. The molecule has 2 aliphatic rings. The minimum Gasteiger partial charge on any atom is -0.475 e. The first-order chi connectivity index (χ1) is 24.9. The third-order valence-corrected chi connectivity index (χ3v) is 7.46. The summed E-state index contributed by atoms with van der Waals surface area (Å²) < 4.78 is 102. The van der Waals surface area contributed by atoms with Crippen LogP contribution in [0.15, 0.2) is 67.3 Å². The Labute approximate surface area is 300 Å². The predicted octanol–water partition coefficient (Wildman–Crippen LogP) is 5.39. The minimum absolute atomic E-state index is 0.0650. The van der Waals surface area contributed by atoms with E-state index in [4.69, 9.17) is 34.4 Å². The molecule has 54 heavy (non-hydrogen) atoms. The van der Waals surface area contributed by atoms with E-state index in [2.05, 4.69) is 53.0 Å². The highest BCUT2D eigenvalue weighted by atomic mass is 19.4. The summed E-state index contributed by atoms with van der Waals surface area (Å²) in [6.07, 6.45) is -8.05. The number of nitrogens with zero attached hydrogens (tertiary/aromatic N) is 4. The number of aliphatic carboxylic acids is 3. The van der Waals surface area contributed by atoms with Crippen LogP contribution in [-0.2, 0) is 37.0 Å². The lowest BCUT2D eigenvalue weighted by molar-refractivity contribution is -0.193. The molecule has 2 fully saturated rings. The number of pyridine rings is 2. The Morgan fingerprint density at radius 3 is 1.72 bits per heavy atom. The summed E-state index contributed by atoms with van der Waals surface area (Å²) in [5.41, 5.74) is 5.03. The number of hydrogen-bond acceptors (Lipinski definition) is 8. The van der Waals surface area contributed by atoms with Gasteiger partial charge in [0.25, 0.3) is 5.91 Å². The fourth-order valence-electron chi connectivity index (χ4n) is 5.40. The number of aromatic nitrogens is 2. The first-order valence-electron chi connectivity index (χ1n) is 15.3. The second-order valence-corrected chi connectivity index (χ2v) is 11.7. The Morgan fingerprint density at radius 2 is 1.28 bits per heavy atom. The van der Waals surface area contributed by atoms with E-state index in [1.54, 1.807) is 18.6 Å². The normalized spacial score (nSPS) is 18.7. The SMILES string of the molecule is Cc1cc(C)cc(CN2CC(c3cccnc3)C3(C2)OCCN(Cc2ccncc2)C3=O)c1.O=C(O)C(F)(F)F.O=C(O)C(F)(F)F.O=C(O)C(F)(F)F. The predicted molar refractivity (Wildman–Crippen MR) is 168 cm³/mol. The van der Waals surface area contributed by atoms with Crippen molar-refractivity contribution in [3.05, 3.63) is 95.1 Å². The van der Waals surface area contributed by atoms with Gasteiger partial charge in [-0.3, -0.25) is 19.7 Å². The second-order valence-electron chi connectivity index (χ2n) is 11.7. The number of rotatable bonds is 5. The molecule has 4 heterocycles. The van der Waals surface area contributed by atoms with Crippen LogP contribution in [0.4, 0.5) is 39.5 Å². The number of aryl methyl sites for hydroxylation is 2. The van der Waals surface area contributed by atoms with Crippen molar-refractivity contribution in [3.8, 4) is 0 Å². The zero-order valence-corrected chi connectivity index (χ0v) is 28.2. The monoisotopic (exact) mass is 784 g/mol. The molecule has 21 heteroatoms. The zero-order valence-electron chi connectivity index (χ0n) is 28.2. The summed E-state index contributed by atoms with van der Waals surface area (Å²) in [5.74, 6) is -8.26. The van der Waals surface area contributed by atoms with Crippen LogP contribution >= 0.6 is 0 Å². The van der Waals surface area contributed by atoms with Gasteiger partial charge in [-0.05, 0) is 48.7 Å². The van der Waals surface area contributed by atoms with Crippen LogP contribution in [-0.4, -0.2) is 109 Å². The number of amides is 1. The van der Waals surface area contributed by atoms with E-state index >= 15 is 0 Å². The van der Waals surface area contributed by atoms with Crippen LogP contribution in [0.2, 0.25) is 0 Å². The van der Waals surface area contributed by atoms with E-state index in [-0.39, 0.29) is 11.8 Å². The van der Waals surface area contributed by atoms with Crippen molar-refractivity contribution in [2.24, 2.45) is 0 Å². The number of morpholine rings is 1. The van der Waals surface area contributed by atoms with Gasteiger partial charge in [-0.25, -0.2) is 14.4 Å². The Morgan fingerprint density at radius 1 is 0.778 bits per heavy atom. The van der Waals surface area contributed by atoms with Crippen LogP contribution < -0.4 is 0 Å². The molecular formula is C33H33F9N4O8. The van der Waals surface area contributed by atoms with Crippen molar-refractivity contribution >= 4 is 23.8 Å². The third kappa shape index (κ3) is 13.6. The molecular weight excluding hydrogens is 751 g/mol. The highest BCUT2D eigenvalue weighted by molar-refractivity contribution is 5.88. The number of benzene rings is 1. The van der Waals surface area contributed by atoms with Gasteiger partial charge in [0.2, 0.25) is 0 Å². The van der Waals surface area contributed by atoms with Crippen molar-refractivity contribution in [2.45, 2.75) is 57.0 Å². The fourth-order valence-corrected chi connectivity index (χ4v) is 5.40. The van der Waals surface area contributed by atoms with Crippen molar-refractivity contribution < 1.29 is 78.7 Å². The van der Waals surface area contributed by atoms with Gasteiger partial charge in [0.05, 0.1) is 6.61 Å². The number of carboxylic acids is 3. The van der Waals surface area contributed by atoms with E-state index in [0.29, 0.717) is 26.2 Å². The molecule has 1 amide bonds. The van der Waals surface area contributed by atoms with Gasteiger partial charge in [-0.15, -0.1) is 0 Å². The molecule has 1 spiro atoms. The molecule has 1 aromatic carbocycles. The topological polar surface area (TPSA) is 170 Å². The number of alkyl halides is 9. The average molecular weight is 785 g/mol. The van der Waals surface area contributed by atoms with Crippen LogP contribution in [0.5, 0.6) is 0 Å². The van der Waals surface area contributed by atoms with Gasteiger partial charge >= 0.3 is 36.4 Å². The third-order valence-electron chi connectivity index (χ3n) is 7.46. The number of carbonyl (C=O) groups is 4. The van der Waals surface area contributed by atoms with E-state index < -0.39 is 42.0 Å². The number of likely N-dealkylation sites (tertiary alicyclic amines) is 1. The number of carboxylic acid groups (broad SMARTS) is 3. The lowest BCUT2D eigenvalue weighted by atomic mass is 9.83. The molecule has 3 aromatic rings. The maximum Gasteiger partial charge on any atom is 0.490 e. The Hall–Kier alpha value is -5.31. The lowest BCUT2D eigenvalue weighted by Gasteiger charge is -2.42. The van der Waals surface area contributed by atoms with Gasteiger partial charge in [0, 0.05) is 63.4 Å². The second kappa shape index (κ2) is 18.6. The standard InChI is InChI=1S/C27H30N4O2.3C2HF3O2/c1-20-12-21(2)14-23(13-20)16-30-18-25(24-4-3-7-29-15-24)27(19-30)26(32)31(10-11-33-27)17-22-5-8-28-9-6-22;3*3-2(4,5)1(6)7/h3-9,12-15,25H,10-11,16-19H2,1-2H3;3*(H,6,7). The van der Waals surface area contributed by atoms with Gasteiger partial charge < -0.3 is 25.0 Å². The van der Waals surface area contributed by atoms with E-state index in [9.17, 15) is 44.3 Å². The van der Waals surface area contributed by atoms with Crippen LogP contribution in [0.1, 0.15) is 33.7 Å². The molecule has 2 unspecified atom stereocenters. The van der Waals surface area contributed by atoms with Crippen molar-refractivity contribution in [1.82, 2.24) is 19.8 Å². The van der Waals surface area contributed by atoms with Gasteiger partial charge in [-0.1, -0.05) is 35.4 Å². The molecule has 2 aliphatic heterocycles. The van der Waals surface area contributed by atoms with Crippen LogP contribution in [0, 0.1) is 13.8 Å². The summed E-state index contributed by atoms with van der Waals surface area (Å²) >= 11 is 0. The van der Waals surface area contributed by atoms with E-state index in [1.165, 1.54) is 16.7 Å². The Bertz CT molecular complexity index is 1650. The summed E-state index contributed by atoms with van der Waals surface area (Å²) in [7, 11) is 0. The first-order valence-corrected chi connectivity index (χ1v) is 15.3. The summed E-state index contributed by atoms with van der Waals surface area (Å²) in [6, 6.07) is 14.6. The van der Waals surface area contributed by atoms with Crippen LogP contribution in [0.25, 0.3) is 0 Å². The molecule has 0 radical (unpaired) electrons. The molecule has 0 saturated carbocycles. The van der Waals surface area contributed by atoms with E-state index in [1.807, 2.05) is 29.3 Å². The van der Waals surface area contributed by atoms with Gasteiger partial charge in [-0.2, -0.15) is 39.5 Å². The summed E-state index contributed by atoms with van der Waals surface area (Å²) in [6.45, 7) is 8.09. The van der Waals surface area contributed by atoms with E-state index in [0.717, 1.165) is 24.2 Å². The zero-order chi connectivity index (χ0) is 41.1. The maximum atomic E-state index is 14.0. The first kappa shape index (κ1) is 44.8. The molecule has 3 N–H and O–H groups in total. The molecule has 5 rings (SSSR count). The Kier molecular flexibility index (Phi) is 15.5. The van der Waals surface area contributed by atoms with Gasteiger partial charge in [0.15, 0.2) is 5.60 Å². The number of ether oxygens (including phenoxy) is 1. The fraction of sp³-hybridized carbons (Fsp3) is 0.394. The molecule has 0 aliphatic carbocycles. The minimum atomic E-state index is -5.08. The molecule has 2 saturated heterocycles. The van der Waals surface area contributed by atoms with Crippen molar-refractivity contribution in [2.75, 3.05) is 26.2 Å². The highest BCUT2D eigenvalue weighted by Gasteiger charge is 2.57. The molecule has 12 nitrogen and oxygen atoms in total. The highest BCUT2D eigenvalue weighted by Crippen LogP contribution is 2.42. The number of carbonyl (C=O) groups excluding carboxylic acids is 1. The largest absolute Gasteiger partial charge is 0.490 e. The smallest absolute Gasteiger partial charge is 0.475 e. The molecule has 2 aromatic heterocycles. The van der Waals surface area contributed by atoms with Crippen molar-refractivity contribution in [3.63, 3.8) is 0 Å². The summed E-state index contributed by atoms with van der Waals surface area (Å²) in [5, 5.41) is 21.4. The van der Waals surface area contributed by atoms with Gasteiger partial charge in [0.1, 0.15) is 0 Å². The quantitative estimate of drug-likeness (QED) is 0.284. The molecule has 2 atom stereocenters. The molecule has 296 valence electrons. The van der Waals surface area contributed by atoms with Crippen LogP contribution in [0.3, 0.4) is 0 Å². The van der Waals surface area contributed by atoms with Crippen molar-refractivity contribution in [1.29, 1.82) is 0 Å². The lowest BCUT2D eigenvalue weighted by Crippen LogP contribution is -2.59. The summed E-state index contributed by atoms with van der Waals surface area (Å²) in [4.78, 5) is 53.4. The molecule has 0 bridgehead atoms. The average Bonchev–Trinajstić information content (AvgIpc) is 3.41.